The lowest BCUT2D eigenvalue weighted by molar-refractivity contribution is 0.0983. The minimum absolute atomic E-state index is 0.192. The van der Waals surface area contributed by atoms with Gasteiger partial charge in [-0.3, -0.25) is 4.79 Å². The molecule has 0 amide bonds. The van der Waals surface area contributed by atoms with Crippen molar-refractivity contribution in [1.29, 1.82) is 5.26 Å². The van der Waals surface area contributed by atoms with Crippen molar-refractivity contribution in [2.75, 3.05) is 0 Å². The predicted molar refractivity (Wildman–Crippen MR) is 84.3 cm³/mol. The average Bonchev–Trinajstić information content (AvgIpc) is 3.05. The Morgan fingerprint density at radius 3 is 2.70 bits per heavy atom. The van der Waals surface area contributed by atoms with Crippen LogP contribution in [0.4, 0.5) is 0 Å². The third-order valence-electron chi connectivity index (χ3n) is 2.76. The van der Waals surface area contributed by atoms with Gasteiger partial charge in [-0.15, -0.1) is 22.7 Å². The van der Waals surface area contributed by atoms with Crippen LogP contribution in [-0.2, 0) is 0 Å². The molecule has 1 atom stereocenters. The van der Waals surface area contributed by atoms with Gasteiger partial charge in [-0.2, -0.15) is 5.26 Å². The Morgan fingerprint density at radius 2 is 2.05 bits per heavy atom. The third kappa shape index (κ3) is 2.40. The van der Waals surface area contributed by atoms with Gasteiger partial charge in [0.15, 0.2) is 11.7 Å². The molecule has 20 heavy (non-hydrogen) atoms. The molecule has 0 radical (unpaired) electrons. The molecule has 6 heteroatoms. The first kappa shape index (κ1) is 13.4. The number of Topliss-reactive ketones (excluding diaryl/α,β-unsaturated/α-hetero) is 1. The number of thiophene rings is 1. The van der Waals surface area contributed by atoms with Crippen molar-refractivity contribution >= 4 is 54.6 Å². The number of halogens is 1. The van der Waals surface area contributed by atoms with Gasteiger partial charge in [0.25, 0.3) is 0 Å². The van der Waals surface area contributed by atoms with E-state index in [2.05, 4.69) is 27.0 Å². The van der Waals surface area contributed by atoms with Crippen molar-refractivity contribution < 1.29 is 4.79 Å². The Morgan fingerprint density at radius 1 is 1.25 bits per heavy atom. The van der Waals surface area contributed by atoms with Gasteiger partial charge in [-0.25, -0.2) is 4.98 Å². The number of rotatable bonds is 3. The number of fused-ring (bicyclic) bond motifs is 1. The first-order valence-electron chi connectivity index (χ1n) is 5.73. The van der Waals surface area contributed by atoms with E-state index in [4.69, 9.17) is 0 Å². The van der Waals surface area contributed by atoms with Crippen LogP contribution in [-0.4, -0.2) is 10.8 Å². The van der Waals surface area contributed by atoms with E-state index in [9.17, 15) is 10.1 Å². The molecule has 0 saturated heterocycles. The van der Waals surface area contributed by atoms with Gasteiger partial charge in [0.2, 0.25) is 0 Å². The monoisotopic (exact) mass is 362 g/mol. The minimum atomic E-state index is -0.835. The normalized spacial score (nSPS) is 12.2. The molecule has 1 aromatic carbocycles. The van der Waals surface area contributed by atoms with Crippen molar-refractivity contribution in [2.24, 2.45) is 0 Å². The summed E-state index contributed by atoms with van der Waals surface area (Å²) in [5.74, 6) is -1.03. The number of hydrogen-bond donors (Lipinski definition) is 0. The number of nitriles is 1. The molecule has 0 aliphatic carbocycles. The van der Waals surface area contributed by atoms with Crippen LogP contribution in [0.3, 0.4) is 0 Å². The van der Waals surface area contributed by atoms with Crippen molar-refractivity contribution in [3.05, 3.63) is 50.1 Å². The van der Waals surface area contributed by atoms with Crippen molar-refractivity contribution in [2.45, 2.75) is 5.92 Å². The molecule has 2 aromatic heterocycles. The Bertz CT molecular complexity index is 798. The molecule has 0 bridgehead atoms. The van der Waals surface area contributed by atoms with Crippen LogP contribution in [0, 0.1) is 11.3 Å². The molecule has 0 N–H and O–H groups in total. The van der Waals surface area contributed by atoms with Crippen LogP contribution in [0.2, 0.25) is 0 Å². The fourth-order valence-corrected chi connectivity index (χ4v) is 4.20. The van der Waals surface area contributed by atoms with Gasteiger partial charge in [-0.05, 0) is 40.2 Å². The molecule has 3 nitrogen and oxygen atoms in total. The summed E-state index contributed by atoms with van der Waals surface area (Å²) < 4.78 is 1.87. The summed E-state index contributed by atoms with van der Waals surface area (Å²) in [6, 6.07) is 13.3. The standard InChI is InChI=1S/C14H7BrN2OS2/c15-12-6-5-11(19-12)13(18)8(7-16)14-17-9-3-1-2-4-10(9)20-14/h1-6,8H/t8-/m0/s1. The van der Waals surface area contributed by atoms with Gasteiger partial charge < -0.3 is 0 Å². The quantitative estimate of drug-likeness (QED) is 0.639. The molecule has 0 aliphatic rings. The number of nitrogens with zero attached hydrogens (tertiary/aromatic N) is 2. The first-order valence-corrected chi connectivity index (χ1v) is 8.16. The van der Waals surface area contributed by atoms with Crippen molar-refractivity contribution in [3.63, 3.8) is 0 Å². The van der Waals surface area contributed by atoms with Crippen LogP contribution in [0.1, 0.15) is 20.6 Å². The zero-order chi connectivity index (χ0) is 14.1. The van der Waals surface area contributed by atoms with E-state index >= 15 is 0 Å². The predicted octanol–water partition coefficient (Wildman–Crippen LogP) is 4.61. The summed E-state index contributed by atoms with van der Waals surface area (Å²) in [4.78, 5) is 17.4. The lowest BCUT2D eigenvalue weighted by Crippen LogP contribution is -2.09. The summed E-state index contributed by atoms with van der Waals surface area (Å²) in [5.41, 5.74) is 0.827. The van der Waals surface area contributed by atoms with Crippen LogP contribution in [0.25, 0.3) is 10.2 Å². The largest absolute Gasteiger partial charge is 0.291 e. The minimum Gasteiger partial charge on any atom is -0.291 e. The highest BCUT2D eigenvalue weighted by Gasteiger charge is 2.26. The summed E-state index contributed by atoms with van der Waals surface area (Å²) >= 11 is 6.06. The second-order valence-corrected chi connectivity index (χ2v) is 7.58. The molecule has 3 aromatic rings. The summed E-state index contributed by atoms with van der Waals surface area (Å²) in [7, 11) is 0. The lowest BCUT2D eigenvalue weighted by atomic mass is 10.1. The smallest absolute Gasteiger partial charge is 0.196 e. The second kappa shape index (κ2) is 5.44. The van der Waals surface area contributed by atoms with Crippen molar-refractivity contribution in [1.82, 2.24) is 4.98 Å². The summed E-state index contributed by atoms with van der Waals surface area (Å²) in [6.45, 7) is 0. The SMILES string of the molecule is N#C[C@@H](C(=O)c1ccc(Br)s1)c1nc2ccccc2s1. The van der Waals surface area contributed by atoms with E-state index in [0.717, 1.165) is 14.0 Å². The number of carbonyl (C=O) groups is 1. The van der Waals surface area contributed by atoms with Crippen LogP contribution >= 0.6 is 38.6 Å². The Hall–Kier alpha value is -1.55. The number of carbonyl (C=O) groups excluding carboxylic acids is 1. The molecule has 0 aliphatic heterocycles. The average molecular weight is 363 g/mol. The highest BCUT2D eigenvalue weighted by Crippen LogP contribution is 2.32. The van der Waals surface area contributed by atoms with Crippen LogP contribution < -0.4 is 0 Å². The molecule has 0 unspecified atom stereocenters. The lowest BCUT2D eigenvalue weighted by Gasteiger charge is -2.01. The number of para-hydroxylation sites is 1. The number of ketones is 1. The maximum Gasteiger partial charge on any atom is 0.196 e. The van der Waals surface area contributed by atoms with E-state index in [0.29, 0.717) is 9.88 Å². The Balaban J connectivity index is 2.01. The van der Waals surface area contributed by atoms with Crippen LogP contribution in [0.15, 0.2) is 40.2 Å². The van der Waals surface area contributed by atoms with Gasteiger partial charge in [0, 0.05) is 0 Å². The summed E-state index contributed by atoms with van der Waals surface area (Å²) in [5, 5.41) is 9.89. The molecule has 0 fully saturated rings. The number of thiazole rings is 1. The molecule has 2 heterocycles. The van der Waals surface area contributed by atoms with Crippen LogP contribution in [0.5, 0.6) is 0 Å². The number of hydrogen-bond acceptors (Lipinski definition) is 5. The highest BCUT2D eigenvalue weighted by molar-refractivity contribution is 9.11. The van der Waals surface area contributed by atoms with E-state index < -0.39 is 5.92 Å². The fraction of sp³-hybridized carbons (Fsp3) is 0.0714. The van der Waals surface area contributed by atoms with E-state index in [1.807, 2.05) is 30.3 Å². The Kier molecular flexibility index (Phi) is 3.66. The second-order valence-electron chi connectivity index (χ2n) is 4.05. The maximum atomic E-state index is 12.4. The zero-order valence-corrected chi connectivity index (χ0v) is 13.3. The molecule has 0 spiro atoms. The number of aromatic nitrogens is 1. The van der Waals surface area contributed by atoms with E-state index in [-0.39, 0.29) is 5.78 Å². The van der Waals surface area contributed by atoms with Gasteiger partial charge >= 0.3 is 0 Å². The van der Waals surface area contributed by atoms with Gasteiger partial charge in [0.1, 0.15) is 5.01 Å². The first-order chi connectivity index (χ1) is 9.69. The van der Waals surface area contributed by atoms with E-state index in [1.165, 1.54) is 22.7 Å². The number of benzene rings is 1. The highest BCUT2D eigenvalue weighted by atomic mass is 79.9. The molecular formula is C14H7BrN2OS2. The third-order valence-corrected chi connectivity index (χ3v) is 5.50. The van der Waals surface area contributed by atoms with E-state index in [1.54, 1.807) is 6.07 Å². The van der Waals surface area contributed by atoms with Crippen molar-refractivity contribution in [3.8, 4) is 6.07 Å². The molecule has 98 valence electrons. The molecule has 3 rings (SSSR count). The molecule has 0 saturated carbocycles. The maximum absolute atomic E-state index is 12.4. The topological polar surface area (TPSA) is 53.8 Å². The Labute approximate surface area is 131 Å². The summed E-state index contributed by atoms with van der Waals surface area (Å²) in [6.07, 6.45) is 0. The zero-order valence-electron chi connectivity index (χ0n) is 10.0. The van der Waals surface area contributed by atoms with Gasteiger partial charge in [-0.1, -0.05) is 12.1 Å². The van der Waals surface area contributed by atoms with Gasteiger partial charge in [0.05, 0.1) is 24.9 Å². The molecular weight excluding hydrogens is 356 g/mol. The fourth-order valence-electron chi connectivity index (χ4n) is 1.83.